The molecule has 0 spiro atoms. The predicted molar refractivity (Wildman–Crippen MR) is 166 cm³/mol. The molecule has 7 nitrogen and oxygen atoms in total. The molecule has 0 aliphatic carbocycles. The highest BCUT2D eigenvalue weighted by atomic mass is 16.6. The summed E-state index contributed by atoms with van der Waals surface area (Å²) in [6.45, 7) is 3.74. The Morgan fingerprint density at radius 3 is 1.79 bits per heavy atom. The smallest absolute Gasteiger partial charge is 0.309 e. The molecule has 0 bridgehead atoms. The van der Waals surface area contributed by atoms with Crippen LogP contribution in [-0.2, 0) is 23.9 Å². The van der Waals surface area contributed by atoms with Gasteiger partial charge in [0.25, 0.3) is 0 Å². The number of ketones is 2. The van der Waals surface area contributed by atoms with Crippen molar-refractivity contribution in [3.8, 4) is 0 Å². The molecule has 0 saturated carbocycles. The fourth-order valence-corrected chi connectivity index (χ4v) is 6.53. The molecule has 42 heavy (non-hydrogen) atoms. The topological polar surface area (TPSA) is 110 Å². The summed E-state index contributed by atoms with van der Waals surface area (Å²) in [5.74, 6) is -0.439. The zero-order valence-electron chi connectivity index (χ0n) is 26.9. The first kappa shape index (κ1) is 36.9. The number of carbonyl (C=O) groups is 3. The second kappa shape index (κ2) is 22.2. The van der Waals surface area contributed by atoms with Gasteiger partial charge >= 0.3 is 5.97 Å². The Morgan fingerprint density at radius 2 is 1.26 bits per heavy atom. The van der Waals surface area contributed by atoms with Crippen LogP contribution in [0.2, 0.25) is 0 Å². The van der Waals surface area contributed by atoms with Crippen LogP contribution in [0.1, 0.15) is 168 Å². The lowest BCUT2D eigenvalue weighted by Gasteiger charge is -2.22. The van der Waals surface area contributed by atoms with E-state index in [1.165, 1.54) is 64.7 Å². The Balaban J connectivity index is 1.41. The van der Waals surface area contributed by atoms with Gasteiger partial charge in [-0.15, -0.1) is 0 Å². The van der Waals surface area contributed by atoms with E-state index in [2.05, 4.69) is 6.92 Å². The van der Waals surface area contributed by atoms with Crippen LogP contribution in [0.5, 0.6) is 0 Å². The molecule has 7 heteroatoms. The van der Waals surface area contributed by atoms with Crippen LogP contribution < -0.4 is 0 Å². The van der Waals surface area contributed by atoms with Crippen LogP contribution in [0.15, 0.2) is 0 Å². The lowest BCUT2D eigenvalue weighted by atomic mass is 9.96. The summed E-state index contributed by atoms with van der Waals surface area (Å²) in [4.78, 5) is 35.3. The molecule has 2 N–H and O–H groups in total. The van der Waals surface area contributed by atoms with Gasteiger partial charge in [0.05, 0.1) is 30.3 Å². The third kappa shape index (κ3) is 16.0. The van der Waals surface area contributed by atoms with Crippen molar-refractivity contribution in [3.63, 3.8) is 0 Å². The van der Waals surface area contributed by atoms with Crippen LogP contribution in [0.4, 0.5) is 0 Å². The van der Waals surface area contributed by atoms with E-state index < -0.39 is 12.2 Å². The molecule has 6 unspecified atom stereocenters. The molecular formula is C35H62O7. The number of hydrogen-bond donors (Lipinski definition) is 2. The van der Waals surface area contributed by atoms with Crippen molar-refractivity contribution >= 4 is 17.5 Å². The second-order valence-corrected chi connectivity index (χ2v) is 13.2. The zero-order chi connectivity index (χ0) is 30.6. The highest BCUT2D eigenvalue weighted by molar-refractivity contribution is 5.84. The van der Waals surface area contributed by atoms with Crippen molar-refractivity contribution < 1.29 is 34.1 Å². The SMILES string of the molecule is CCCCCCCCCCCCC(O)C1CCC(C(O)CCCCCCCC(=O)CCC2CC(CC(C)=O)C(=O)O2)O1. The first-order chi connectivity index (χ1) is 20.3. The van der Waals surface area contributed by atoms with Crippen molar-refractivity contribution in [2.75, 3.05) is 0 Å². The molecule has 6 atom stereocenters. The van der Waals surface area contributed by atoms with Gasteiger partial charge in [-0.1, -0.05) is 96.8 Å². The number of hydrogen-bond acceptors (Lipinski definition) is 7. The maximum absolute atomic E-state index is 12.2. The normalized spacial score (nSPS) is 23.7. The molecule has 0 aromatic rings. The Labute approximate surface area is 255 Å². The fraction of sp³-hybridized carbons (Fsp3) is 0.914. The standard InChI is InChI=1S/C35H62O7/c1-3-4-5-6-7-8-9-10-13-16-19-31(38)33-23-24-34(42-33)32(39)20-17-14-11-12-15-18-29(37)21-22-30-26-28(25-27(2)36)35(40)41-30/h28,30-34,38-39H,3-26H2,1-2H3. The maximum atomic E-state index is 12.2. The predicted octanol–water partition coefficient (Wildman–Crippen LogP) is 7.56. The third-order valence-corrected chi connectivity index (χ3v) is 9.20. The average molecular weight is 595 g/mol. The molecule has 0 aromatic heterocycles. The van der Waals surface area contributed by atoms with Gasteiger partial charge < -0.3 is 24.5 Å². The fourth-order valence-electron chi connectivity index (χ4n) is 6.53. The quantitative estimate of drug-likeness (QED) is 0.0785. The van der Waals surface area contributed by atoms with E-state index in [0.29, 0.717) is 25.7 Å². The van der Waals surface area contributed by atoms with Crippen LogP contribution in [0, 0.1) is 5.92 Å². The number of carbonyl (C=O) groups excluding carboxylic acids is 3. The van der Waals surface area contributed by atoms with Gasteiger partial charge in [-0.25, -0.2) is 0 Å². The van der Waals surface area contributed by atoms with Gasteiger partial charge in [0.15, 0.2) is 0 Å². The number of Topliss-reactive ketones (excluding diaryl/α,β-unsaturated/α-hetero) is 2. The molecular weight excluding hydrogens is 532 g/mol. The van der Waals surface area contributed by atoms with E-state index in [9.17, 15) is 24.6 Å². The van der Waals surface area contributed by atoms with Gasteiger partial charge in [-0.3, -0.25) is 9.59 Å². The molecule has 2 fully saturated rings. The van der Waals surface area contributed by atoms with Gasteiger partial charge in [0.2, 0.25) is 0 Å². The number of aliphatic hydroxyl groups is 2. The van der Waals surface area contributed by atoms with Crippen molar-refractivity contribution in [2.45, 2.75) is 198 Å². The number of cyclic esters (lactones) is 1. The van der Waals surface area contributed by atoms with Crippen molar-refractivity contribution in [3.05, 3.63) is 0 Å². The van der Waals surface area contributed by atoms with Crippen LogP contribution in [0.25, 0.3) is 0 Å². The largest absolute Gasteiger partial charge is 0.462 e. The second-order valence-electron chi connectivity index (χ2n) is 13.2. The maximum Gasteiger partial charge on any atom is 0.309 e. The first-order valence-electron chi connectivity index (χ1n) is 17.5. The highest BCUT2D eigenvalue weighted by Crippen LogP contribution is 2.29. The summed E-state index contributed by atoms with van der Waals surface area (Å²) in [7, 11) is 0. The van der Waals surface area contributed by atoms with E-state index in [0.717, 1.165) is 64.2 Å². The summed E-state index contributed by atoms with van der Waals surface area (Å²) in [5, 5.41) is 21.2. The third-order valence-electron chi connectivity index (χ3n) is 9.20. The van der Waals surface area contributed by atoms with Gasteiger partial charge in [0, 0.05) is 19.3 Å². The van der Waals surface area contributed by atoms with Crippen molar-refractivity contribution in [2.24, 2.45) is 5.92 Å². The number of esters is 1. The highest BCUT2D eigenvalue weighted by Gasteiger charge is 2.35. The molecule has 0 aromatic carbocycles. The first-order valence-corrected chi connectivity index (χ1v) is 17.5. The summed E-state index contributed by atoms with van der Waals surface area (Å²) in [5.41, 5.74) is 0. The number of rotatable bonds is 26. The number of ether oxygens (including phenoxy) is 2. The lowest BCUT2D eigenvalue weighted by molar-refractivity contribution is -0.145. The van der Waals surface area contributed by atoms with E-state index in [4.69, 9.17) is 9.47 Å². The Kier molecular flexibility index (Phi) is 19.5. The van der Waals surface area contributed by atoms with E-state index >= 15 is 0 Å². The zero-order valence-corrected chi connectivity index (χ0v) is 26.9. The summed E-state index contributed by atoms with van der Waals surface area (Å²) >= 11 is 0. The molecule has 2 aliphatic rings. The van der Waals surface area contributed by atoms with Gasteiger partial charge in [-0.05, 0) is 51.9 Å². The minimum Gasteiger partial charge on any atom is -0.462 e. The van der Waals surface area contributed by atoms with Crippen molar-refractivity contribution in [1.29, 1.82) is 0 Å². The Hall–Kier alpha value is -1.31. The monoisotopic (exact) mass is 594 g/mol. The molecule has 244 valence electrons. The molecule has 2 saturated heterocycles. The number of unbranched alkanes of at least 4 members (excludes halogenated alkanes) is 13. The average Bonchev–Trinajstić information content (AvgIpc) is 3.59. The van der Waals surface area contributed by atoms with Crippen LogP contribution >= 0.6 is 0 Å². The molecule has 2 aliphatic heterocycles. The van der Waals surface area contributed by atoms with E-state index in [1.54, 1.807) is 0 Å². The minimum absolute atomic E-state index is 0.00597. The van der Waals surface area contributed by atoms with Crippen molar-refractivity contribution in [1.82, 2.24) is 0 Å². The van der Waals surface area contributed by atoms with Gasteiger partial charge in [-0.2, -0.15) is 0 Å². The summed E-state index contributed by atoms with van der Waals surface area (Å²) in [6.07, 6.45) is 21.8. The minimum atomic E-state index is -0.471. The molecule has 0 amide bonds. The van der Waals surface area contributed by atoms with E-state index in [1.807, 2.05) is 0 Å². The Bertz CT molecular complexity index is 754. The number of aliphatic hydroxyl groups excluding tert-OH is 2. The molecule has 2 heterocycles. The molecule has 0 radical (unpaired) electrons. The lowest BCUT2D eigenvalue weighted by Crippen LogP contribution is -2.31. The Morgan fingerprint density at radius 1 is 0.762 bits per heavy atom. The van der Waals surface area contributed by atoms with Gasteiger partial charge in [0.1, 0.15) is 17.7 Å². The van der Waals surface area contributed by atoms with E-state index in [-0.39, 0.29) is 48.2 Å². The molecule has 2 rings (SSSR count). The van der Waals surface area contributed by atoms with Crippen LogP contribution in [-0.4, -0.2) is 58.3 Å². The summed E-state index contributed by atoms with van der Waals surface area (Å²) < 4.78 is 11.4. The summed E-state index contributed by atoms with van der Waals surface area (Å²) in [6, 6.07) is 0. The van der Waals surface area contributed by atoms with Crippen LogP contribution in [0.3, 0.4) is 0 Å².